The van der Waals surface area contributed by atoms with Gasteiger partial charge in [-0.1, -0.05) is 23.2 Å². The molecule has 0 bridgehead atoms. The Labute approximate surface area is 109 Å². The molecule has 17 heavy (non-hydrogen) atoms. The lowest BCUT2D eigenvalue weighted by Gasteiger charge is -1.98. The first kappa shape index (κ1) is 12.0. The zero-order valence-corrected chi connectivity index (χ0v) is 10.3. The maximum absolute atomic E-state index is 11.7. The molecule has 0 saturated heterocycles. The highest BCUT2D eigenvalue weighted by Gasteiger charge is 2.02. The monoisotopic (exact) mass is 265 g/mol. The van der Waals surface area contributed by atoms with Gasteiger partial charge in [0.2, 0.25) is 5.78 Å². The molecule has 1 aromatic heterocycles. The SMILES string of the molecule is O=C(C=Cc1cc(Cl)ccc1Cl)c1ccc[nH]1. The minimum Gasteiger partial charge on any atom is -0.359 e. The van der Waals surface area contributed by atoms with Gasteiger partial charge in [-0.3, -0.25) is 4.79 Å². The summed E-state index contributed by atoms with van der Waals surface area (Å²) in [5.41, 5.74) is 1.26. The van der Waals surface area contributed by atoms with Crippen molar-refractivity contribution in [1.29, 1.82) is 0 Å². The molecule has 1 heterocycles. The van der Waals surface area contributed by atoms with Crippen LogP contribution in [0.25, 0.3) is 6.08 Å². The van der Waals surface area contributed by atoms with E-state index in [1.54, 1.807) is 42.6 Å². The summed E-state index contributed by atoms with van der Waals surface area (Å²) in [5, 5.41) is 1.14. The molecule has 0 amide bonds. The van der Waals surface area contributed by atoms with Crippen LogP contribution in [0.3, 0.4) is 0 Å². The largest absolute Gasteiger partial charge is 0.359 e. The minimum absolute atomic E-state index is 0.106. The average molecular weight is 266 g/mol. The van der Waals surface area contributed by atoms with E-state index in [9.17, 15) is 4.79 Å². The van der Waals surface area contributed by atoms with Crippen molar-refractivity contribution in [2.75, 3.05) is 0 Å². The van der Waals surface area contributed by atoms with Crippen LogP contribution in [0.4, 0.5) is 0 Å². The van der Waals surface area contributed by atoms with Gasteiger partial charge >= 0.3 is 0 Å². The van der Waals surface area contributed by atoms with Gasteiger partial charge in [0.05, 0.1) is 5.69 Å². The number of allylic oxidation sites excluding steroid dienone is 1. The summed E-state index contributed by atoms with van der Waals surface area (Å²) in [7, 11) is 0. The van der Waals surface area contributed by atoms with E-state index in [0.717, 1.165) is 5.56 Å². The maximum Gasteiger partial charge on any atom is 0.201 e. The molecule has 4 heteroatoms. The molecule has 0 radical (unpaired) electrons. The Morgan fingerprint density at radius 3 is 2.76 bits per heavy atom. The van der Waals surface area contributed by atoms with E-state index in [2.05, 4.69) is 4.98 Å². The van der Waals surface area contributed by atoms with E-state index in [1.165, 1.54) is 6.08 Å². The van der Waals surface area contributed by atoms with Crippen molar-refractivity contribution in [3.05, 3.63) is 63.9 Å². The van der Waals surface area contributed by atoms with Crippen LogP contribution in [-0.4, -0.2) is 10.8 Å². The summed E-state index contributed by atoms with van der Waals surface area (Å²) in [4.78, 5) is 14.5. The fourth-order valence-electron chi connectivity index (χ4n) is 1.38. The van der Waals surface area contributed by atoms with Crippen molar-refractivity contribution in [2.24, 2.45) is 0 Å². The number of nitrogens with one attached hydrogen (secondary N) is 1. The van der Waals surface area contributed by atoms with E-state index in [0.29, 0.717) is 15.7 Å². The van der Waals surface area contributed by atoms with E-state index in [-0.39, 0.29) is 5.78 Å². The Bertz CT molecular complexity index is 559. The molecule has 2 nitrogen and oxygen atoms in total. The smallest absolute Gasteiger partial charge is 0.201 e. The van der Waals surface area contributed by atoms with Gasteiger partial charge in [-0.05, 0) is 48.0 Å². The van der Waals surface area contributed by atoms with Gasteiger partial charge in [0.15, 0.2) is 0 Å². The highest BCUT2D eigenvalue weighted by molar-refractivity contribution is 6.34. The van der Waals surface area contributed by atoms with Gasteiger partial charge in [-0.25, -0.2) is 0 Å². The molecule has 2 rings (SSSR count). The van der Waals surface area contributed by atoms with Crippen LogP contribution in [0.2, 0.25) is 10.0 Å². The number of H-pyrrole nitrogens is 1. The topological polar surface area (TPSA) is 32.9 Å². The number of ketones is 1. The summed E-state index contributed by atoms with van der Waals surface area (Å²) in [6, 6.07) is 8.60. The lowest BCUT2D eigenvalue weighted by molar-refractivity contribution is 0.104. The number of halogens is 2. The van der Waals surface area contributed by atoms with Crippen LogP contribution < -0.4 is 0 Å². The van der Waals surface area contributed by atoms with Crippen molar-refractivity contribution >= 4 is 35.1 Å². The van der Waals surface area contributed by atoms with E-state index >= 15 is 0 Å². The first-order valence-corrected chi connectivity index (χ1v) is 5.73. The number of hydrogen-bond donors (Lipinski definition) is 1. The molecule has 0 saturated carbocycles. The van der Waals surface area contributed by atoms with E-state index in [1.807, 2.05) is 0 Å². The summed E-state index contributed by atoms with van der Waals surface area (Å²) >= 11 is 11.8. The molecule has 86 valence electrons. The van der Waals surface area contributed by atoms with E-state index in [4.69, 9.17) is 23.2 Å². The van der Waals surface area contributed by atoms with Gasteiger partial charge in [-0.15, -0.1) is 0 Å². The standard InChI is InChI=1S/C13H9Cl2NO/c14-10-4-5-11(15)9(8-10)3-6-13(17)12-2-1-7-16-12/h1-8,16H. The van der Waals surface area contributed by atoms with Crippen molar-refractivity contribution < 1.29 is 4.79 Å². The second-order valence-corrected chi connectivity index (χ2v) is 4.29. The fraction of sp³-hybridized carbons (Fsp3) is 0. The summed E-state index contributed by atoms with van der Waals surface area (Å²) in [6.07, 6.45) is 4.81. The molecule has 1 aromatic carbocycles. The Hall–Kier alpha value is -1.51. The van der Waals surface area contributed by atoms with Gasteiger partial charge in [0.25, 0.3) is 0 Å². The molecule has 0 aliphatic heterocycles. The van der Waals surface area contributed by atoms with Crippen molar-refractivity contribution in [3.8, 4) is 0 Å². The Morgan fingerprint density at radius 1 is 1.24 bits per heavy atom. The van der Waals surface area contributed by atoms with Gasteiger partial charge in [0, 0.05) is 16.2 Å². The van der Waals surface area contributed by atoms with Crippen molar-refractivity contribution in [3.63, 3.8) is 0 Å². The molecule has 0 fully saturated rings. The predicted molar refractivity (Wildman–Crippen MR) is 70.6 cm³/mol. The highest BCUT2D eigenvalue weighted by atomic mass is 35.5. The second-order valence-electron chi connectivity index (χ2n) is 3.45. The zero-order valence-electron chi connectivity index (χ0n) is 8.78. The molecular formula is C13H9Cl2NO. The maximum atomic E-state index is 11.7. The number of carbonyl (C=O) groups is 1. The lowest BCUT2D eigenvalue weighted by Crippen LogP contribution is -1.93. The molecule has 1 N–H and O–H groups in total. The summed E-state index contributed by atoms with van der Waals surface area (Å²) in [6.45, 7) is 0. The summed E-state index contributed by atoms with van der Waals surface area (Å²) < 4.78 is 0. The second kappa shape index (κ2) is 5.21. The Morgan fingerprint density at radius 2 is 2.06 bits per heavy atom. The molecule has 0 spiro atoms. The first-order chi connectivity index (χ1) is 8.16. The van der Waals surface area contributed by atoms with Crippen molar-refractivity contribution in [2.45, 2.75) is 0 Å². The van der Waals surface area contributed by atoms with Crippen LogP contribution in [0.15, 0.2) is 42.6 Å². The van der Waals surface area contributed by atoms with Gasteiger partial charge in [-0.2, -0.15) is 0 Å². The van der Waals surface area contributed by atoms with E-state index < -0.39 is 0 Å². The number of aromatic amines is 1. The number of benzene rings is 1. The Kier molecular flexibility index (Phi) is 3.67. The fourth-order valence-corrected chi connectivity index (χ4v) is 1.74. The average Bonchev–Trinajstić information content (AvgIpc) is 2.83. The summed E-state index contributed by atoms with van der Waals surface area (Å²) in [5.74, 6) is -0.106. The molecule has 0 aliphatic carbocycles. The number of rotatable bonds is 3. The third-order valence-electron chi connectivity index (χ3n) is 2.24. The number of carbonyl (C=O) groups excluding carboxylic acids is 1. The third-order valence-corrected chi connectivity index (χ3v) is 2.82. The van der Waals surface area contributed by atoms with Crippen LogP contribution in [0, 0.1) is 0 Å². The molecule has 0 unspecified atom stereocenters. The normalized spacial score (nSPS) is 10.9. The van der Waals surface area contributed by atoms with Crippen LogP contribution in [-0.2, 0) is 0 Å². The van der Waals surface area contributed by atoms with Crippen molar-refractivity contribution in [1.82, 2.24) is 4.98 Å². The quantitative estimate of drug-likeness (QED) is 0.654. The molecule has 0 atom stereocenters. The van der Waals surface area contributed by atoms with Gasteiger partial charge in [0.1, 0.15) is 0 Å². The third kappa shape index (κ3) is 2.99. The number of hydrogen-bond acceptors (Lipinski definition) is 1. The molecule has 0 aliphatic rings. The van der Waals surface area contributed by atoms with Crippen LogP contribution in [0.5, 0.6) is 0 Å². The van der Waals surface area contributed by atoms with Gasteiger partial charge < -0.3 is 4.98 Å². The predicted octanol–water partition coefficient (Wildman–Crippen LogP) is 4.22. The molecular weight excluding hydrogens is 257 g/mol. The first-order valence-electron chi connectivity index (χ1n) is 4.97. The van der Waals surface area contributed by atoms with Crippen LogP contribution >= 0.6 is 23.2 Å². The highest BCUT2D eigenvalue weighted by Crippen LogP contribution is 2.21. The minimum atomic E-state index is -0.106. The lowest BCUT2D eigenvalue weighted by atomic mass is 10.2. The zero-order chi connectivity index (χ0) is 12.3. The Balaban J connectivity index is 2.21. The molecule has 2 aromatic rings. The van der Waals surface area contributed by atoms with Crippen LogP contribution in [0.1, 0.15) is 16.1 Å². The number of aromatic nitrogens is 1.